The first-order valence-electron chi connectivity index (χ1n) is 6.58. The van der Waals surface area contributed by atoms with Gasteiger partial charge in [-0.2, -0.15) is 0 Å². The number of hydrogen-bond donors (Lipinski definition) is 0. The summed E-state index contributed by atoms with van der Waals surface area (Å²) >= 11 is 0. The van der Waals surface area contributed by atoms with Gasteiger partial charge in [0.15, 0.2) is 5.79 Å². The Hall–Kier alpha value is -1.19. The van der Waals surface area contributed by atoms with Gasteiger partial charge >= 0.3 is 0 Å². The van der Waals surface area contributed by atoms with Crippen molar-refractivity contribution in [3.05, 3.63) is 35.9 Å². The molecule has 2 fully saturated rings. The molecule has 0 aromatic heterocycles. The zero-order valence-electron chi connectivity index (χ0n) is 10.4. The third-order valence-electron chi connectivity index (χ3n) is 4.29. The molecule has 1 saturated carbocycles. The van der Waals surface area contributed by atoms with Gasteiger partial charge in [-0.1, -0.05) is 30.3 Å². The van der Waals surface area contributed by atoms with E-state index < -0.39 is 5.79 Å². The smallest absolute Gasteiger partial charge is 0.168 e. The maximum atomic E-state index is 11.6. The Kier molecular flexibility index (Phi) is 2.96. The van der Waals surface area contributed by atoms with Crippen molar-refractivity contribution in [2.45, 2.75) is 36.9 Å². The van der Waals surface area contributed by atoms with Crippen LogP contribution in [0.5, 0.6) is 0 Å². The highest BCUT2D eigenvalue weighted by atomic mass is 16.7. The van der Waals surface area contributed by atoms with Crippen LogP contribution in [0.15, 0.2) is 30.3 Å². The van der Waals surface area contributed by atoms with Crippen LogP contribution < -0.4 is 0 Å². The van der Waals surface area contributed by atoms with Gasteiger partial charge in [-0.25, -0.2) is 0 Å². The molecule has 18 heavy (non-hydrogen) atoms. The Morgan fingerprint density at radius 3 is 2.11 bits per heavy atom. The summed E-state index contributed by atoms with van der Waals surface area (Å²) in [7, 11) is 0. The number of carbonyl (C=O) groups is 1. The summed E-state index contributed by atoms with van der Waals surface area (Å²) in [6.45, 7) is 1.36. The summed E-state index contributed by atoms with van der Waals surface area (Å²) in [6, 6.07) is 10.1. The van der Waals surface area contributed by atoms with Gasteiger partial charge in [-0.05, 0) is 18.4 Å². The van der Waals surface area contributed by atoms with Crippen LogP contribution in [0.4, 0.5) is 0 Å². The lowest BCUT2D eigenvalue weighted by atomic mass is 9.69. The molecule has 1 heterocycles. The standard InChI is InChI=1S/C15H18O3/c16-12-14(13-4-2-1-3-5-13)6-8-15(9-7-14)17-10-11-18-15/h1-5,12H,6-11H2. The molecule has 3 nitrogen and oxygen atoms in total. The summed E-state index contributed by atoms with van der Waals surface area (Å²) < 4.78 is 11.4. The molecule has 3 rings (SSSR count). The van der Waals surface area contributed by atoms with Crippen molar-refractivity contribution in [1.82, 2.24) is 0 Å². The first kappa shape index (κ1) is 11.9. The minimum Gasteiger partial charge on any atom is -0.348 e. The normalized spacial score (nSPS) is 25.1. The van der Waals surface area contributed by atoms with E-state index >= 15 is 0 Å². The second-order valence-electron chi connectivity index (χ2n) is 5.25. The van der Waals surface area contributed by atoms with E-state index in [2.05, 4.69) is 0 Å². The Balaban J connectivity index is 1.82. The van der Waals surface area contributed by atoms with Gasteiger partial charge < -0.3 is 14.3 Å². The number of carbonyl (C=O) groups excluding carboxylic acids is 1. The molecule has 1 aromatic carbocycles. The fraction of sp³-hybridized carbons (Fsp3) is 0.533. The average Bonchev–Trinajstić information content (AvgIpc) is 2.90. The highest BCUT2D eigenvalue weighted by Gasteiger charge is 2.46. The van der Waals surface area contributed by atoms with E-state index in [0.29, 0.717) is 13.2 Å². The van der Waals surface area contributed by atoms with Crippen LogP contribution in [0.1, 0.15) is 31.2 Å². The molecule has 0 N–H and O–H groups in total. The monoisotopic (exact) mass is 246 g/mol. The molecule has 1 aliphatic carbocycles. The Morgan fingerprint density at radius 1 is 0.944 bits per heavy atom. The van der Waals surface area contributed by atoms with Crippen LogP contribution in [0.25, 0.3) is 0 Å². The lowest BCUT2D eigenvalue weighted by Crippen LogP contribution is -2.43. The summed E-state index contributed by atoms with van der Waals surface area (Å²) in [5.41, 5.74) is 0.773. The molecule has 1 saturated heterocycles. The fourth-order valence-electron chi connectivity index (χ4n) is 3.11. The molecule has 0 bridgehead atoms. The molecule has 0 atom stereocenters. The van der Waals surface area contributed by atoms with Crippen LogP contribution in [-0.4, -0.2) is 25.3 Å². The molecule has 0 radical (unpaired) electrons. The van der Waals surface area contributed by atoms with E-state index in [9.17, 15) is 4.79 Å². The molecule has 1 aliphatic heterocycles. The highest BCUT2D eigenvalue weighted by molar-refractivity contribution is 5.68. The zero-order chi connectivity index (χ0) is 12.5. The largest absolute Gasteiger partial charge is 0.348 e. The van der Waals surface area contributed by atoms with Crippen molar-refractivity contribution in [2.75, 3.05) is 13.2 Å². The van der Waals surface area contributed by atoms with Crippen LogP contribution >= 0.6 is 0 Å². The van der Waals surface area contributed by atoms with Gasteiger partial charge in [0.1, 0.15) is 6.29 Å². The highest BCUT2D eigenvalue weighted by Crippen LogP contribution is 2.45. The van der Waals surface area contributed by atoms with Crippen LogP contribution in [0.3, 0.4) is 0 Å². The van der Waals surface area contributed by atoms with Gasteiger partial charge in [-0.3, -0.25) is 0 Å². The van der Waals surface area contributed by atoms with Crippen molar-refractivity contribution >= 4 is 6.29 Å². The molecular weight excluding hydrogens is 228 g/mol. The molecule has 2 aliphatic rings. The number of ether oxygens (including phenoxy) is 2. The molecule has 96 valence electrons. The van der Waals surface area contributed by atoms with E-state index in [0.717, 1.165) is 37.5 Å². The number of aldehydes is 1. The lowest BCUT2D eigenvalue weighted by Gasteiger charge is -2.40. The predicted molar refractivity (Wildman–Crippen MR) is 67.3 cm³/mol. The van der Waals surface area contributed by atoms with Crippen molar-refractivity contribution in [1.29, 1.82) is 0 Å². The van der Waals surface area contributed by atoms with Gasteiger partial charge in [0.2, 0.25) is 0 Å². The second-order valence-corrected chi connectivity index (χ2v) is 5.25. The minimum absolute atomic E-state index is 0.345. The zero-order valence-corrected chi connectivity index (χ0v) is 10.4. The maximum absolute atomic E-state index is 11.6. The summed E-state index contributed by atoms with van der Waals surface area (Å²) in [5, 5.41) is 0. The second kappa shape index (κ2) is 4.48. The number of hydrogen-bond acceptors (Lipinski definition) is 3. The number of benzene rings is 1. The first-order chi connectivity index (χ1) is 8.79. The van der Waals surface area contributed by atoms with Crippen LogP contribution in [0.2, 0.25) is 0 Å². The van der Waals surface area contributed by atoms with E-state index in [1.807, 2.05) is 30.3 Å². The van der Waals surface area contributed by atoms with E-state index in [-0.39, 0.29) is 5.41 Å². The fourth-order valence-corrected chi connectivity index (χ4v) is 3.11. The van der Waals surface area contributed by atoms with Crippen LogP contribution in [0, 0.1) is 0 Å². The van der Waals surface area contributed by atoms with Crippen molar-refractivity contribution in [3.63, 3.8) is 0 Å². The summed E-state index contributed by atoms with van der Waals surface area (Å²) in [4.78, 5) is 11.6. The van der Waals surface area contributed by atoms with Gasteiger partial charge in [-0.15, -0.1) is 0 Å². The molecular formula is C15H18O3. The van der Waals surface area contributed by atoms with E-state index in [4.69, 9.17) is 9.47 Å². The third kappa shape index (κ3) is 1.88. The van der Waals surface area contributed by atoms with Crippen LogP contribution in [-0.2, 0) is 19.7 Å². The van der Waals surface area contributed by atoms with Gasteiger partial charge in [0.05, 0.1) is 18.6 Å². The SMILES string of the molecule is O=CC1(c2ccccc2)CCC2(CC1)OCCO2. The Morgan fingerprint density at radius 2 is 1.56 bits per heavy atom. The third-order valence-corrected chi connectivity index (χ3v) is 4.29. The van der Waals surface area contributed by atoms with Crippen molar-refractivity contribution in [3.8, 4) is 0 Å². The Labute approximate surface area is 107 Å². The maximum Gasteiger partial charge on any atom is 0.168 e. The Bertz CT molecular complexity index is 411. The summed E-state index contributed by atoms with van der Waals surface area (Å²) in [5.74, 6) is -0.401. The lowest BCUT2D eigenvalue weighted by molar-refractivity contribution is -0.184. The van der Waals surface area contributed by atoms with Crippen molar-refractivity contribution < 1.29 is 14.3 Å². The molecule has 0 unspecified atom stereocenters. The quantitative estimate of drug-likeness (QED) is 0.752. The van der Waals surface area contributed by atoms with Gasteiger partial charge in [0, 0.05) is 12.8 Å². The molecule has 1 spiro atoms. The molecule has 1 aromatic rings. The van der Waals surface area contributed by atoms with E-state index in [1.165, 1.54) is 0 Å². The molecule has 3 heteroatoms. The average molecular weight is 246 g/mol. The number of rotatable bonds is 2. The first-order valence-corrected chi connectivity index (χ1v) is 6.58. The van der Waals surface area contributed by atoms with Gasteiger partial charge in [0.25, 0.3) is 0 Å². The summed E-state index contributed by atoms with van der Waals surface area (Å²) in [6.07, 6.45) is 4.34. The topological polar surface area (TPSA) is 35.5 Å². The van der Waals surface area contributed by atoms with E-state index in [1.54, 1.807) is 0 Å². The minimum atomic E-state index is -0.401. The molecule has 0 amide bonds. The predicted octanol–water partition coefficient (Wildman–Crippen LogP) is 2.44. The van der Waals surface area contributed by atoms with Crippen molar-refractivity contribution in [2.24, 2.45) is 0 Å².